The van der Waals surface area contributed by atoms with Gasteiger partial charge in [-0.15, -0.1) is 0 Å². The standard InChI is InChI=1S/C45H108N30P4/c1-58(2)37(59(3)4)46-77(47-38(60(5)6)61(7)8,48-39(62(9)10)63(11)12)55-76(56-78(49-40(64(13)14)65(15)16,50-41(66(17)18)67(19)20)51-42(68(21)22)69(23)24)57-79(52-43(70(25)26)71(27)28,53-44(72(29)30)73(31)32)54-45(74(33)34)75(35)36/h1-36H3. The van der Waals surface area contributed by atoms with Crippen LogP contribution in [-0.4, -0.2) is 396 Å². The zero-order chi connectivity index (χ0) is 62.2. The van der Waals surface area contributed by atoms with Crippen LogP contribution in [0, 0.1) is 0 Å². The molecule has 0 radical (unpaired) electrons. The smallest absolute Gasteiger partial charge is 0.316 e. The highest BCUT2D eigenvalue weighted by Crippen LogP contribution is 2.73. The van der Waals surface area contributed by atoms with Crippen molar-refractivity contribution < 1.29 is 0 Å². The molecule has 0 atom stereocenters. The molecule has 0 aliphatic heterocycles. The second kappa shape index (κ2) is 31.5. The van der Waals surface area contributed by atoms with E-state index in [1.165, 1.54) is 0 Å². The summed E-state index contributed by atoms with van der Waals surface area (Å²) in [7, 11) is 54.5. The van der Waals surface area contributed by atoms with E-state index in [9.17, 15) is 0 Å². The Bertz CT molecular complexity index is 1820. The molecular formula is C45H108N30P4. The van der Waals surface area contributed by atoms with Gasteiger partial charge >= 0.3 is 22.5 Å². The molecule has 0 aliphatic carbocycles. The minimum absolute atomic E-state index is 0.526. The first kappa shape index (κ1) is 73.5. The van der Waals surface area contributed by atoms with E-state index >= 15 is 0 Å². The first-order chi connectivity index (χ1) is 35.9. The van der Waals surface area contributed by atoms with Gasteiger partial charge in [0.1, 0.15) is 0 Å². The molecule has 0 saturated carbocycles. The van der Waals surface area contributed by atoms with E-state index < -0.39 is 30.9 Å². The third kappa shape index (κ3) is 22.5. The number of rotatable bonds is 12. The van der Waals surface area contributed by atoms with Gasteiger partial charge in [-0.05, 0) is 0 Å². The molecule has 458 valence electrons. The monoisotopic (exact) mass is 1190 g/mol. The average Bonchev–Trinajstić information content (AvgIpc) is 3.27. The Morgan fingerprint density at radius 2 is 0.241 bits per heavy atom. The van der Waals surface area contributed by atoms with Crippen molar-refractivity contribution in [2.24, 2.45) is 56.4 Å². The molecular weight excluding hydrogens is 1080 g/mol. The van der Waals surface area contributed by atoms with E-state index in [4.69, 9.17) is 56.4 Å². The van der Waals surface area contributed by atoms with E-state index in [2.05, 4.69) is 0 Å². The van der Waals surface area contributed by atoms with Crippen molar-refractivity contribution in [1.29, 1.82) is 0 Å². The van der Waals surface area contributed by atoms with Crippen LogP contribution in [0.15, 0.2) is 56.4 Å². The van der Waals surface area contributed by atoms with Gasteiger partial charge in [0.15, 0.2) is 0 Å². The molecule has 30 nitrogen and oxygen atoms in total. The molecule has 0 aromatic heterocycles. The minimum atomic E-state index is -4.05. The summed E-state index contributed by atoms with van der Waals surface area (Å²) in [5.41, 5.74) is 0. The molecule has 0 N–H and O–H groups in total. The number of nitrogens with zero attached hydrogens (tertiary/aromatic N) is 30. The summed E-state index contributed by atoms with van der Waals surface area (Å²) in [5.74, 6) is 4.74. The largest absolute Gasteiger partial charge is 0.349 e. The van der Waals surface area contributed by atoms with E-state index in [1.807, 2.05) is 342 Å². The van der Waals surface area contributed by atoms with E-state index in [0.717, 1.165) is 0 Å². The first-order valence-corrected chi connectivity index (χ1v) is 31.1. The Morgan fingerprint density at radius 1 is 0.165 bits per heavy atom. The SMILES string of the molecule is CN(C)C(=NP(N=C(N(C)C)N(C)C)(N=C(N(C)C)N(C)C)=NP(N=P(N=C(N(C)C)N(C)C)(N=C(N(C)C)N(C)C)N=C(N(C)C)N(C)C)N=P(N=C(N(C)C)N(C)C)(N=C(N(C)C)N(C)C)N=C(N(C)C)N(C)C)N(C)C. The van der Waals surface area contributed by atoms with Crippen molar-refractivity contribution in [3.63, 3.8) is 0 Å². The molecule has 0 aliphatic rings. The number of guanidine groups is 9. The van der Waals surface area contributed by atoms with Gasteiger partial charge in [0.2, 0.25) is 53.6 Å². The Hall–Kier alpha value is -5.45. The molecule has 0 bridgehead atoms. The molecule has 0 aromatic rings. The van der Waals surface area contributed by atoms with Crippen LogP contribution >= 0.6 is 30.9 Å². The predicted molar refractivity (Wildman–Crippen MR) is 348 cm³/mol. The van der Waals surface area contributed by atoms with E-state index in [1.54, 1.807) is 0 Å². The van der Waals surface area contributed by atoms with Crippen LogP contribution in [0.1, 0.15) is 0 Å². The second-order valence-corrected chi connectivity index (χ2v) is 29.5. The van der Waals surface area contributed by atoms with Crippen molar-refractivity contribution in [2.45, 2.75) is 0 Å². The van der Waals surface area contributed by atoms with Crippen LogP contribution in [0.5, 0.6) is 0 Å². The Kier molecular flexibility index (Phi) is 29.3. The van der Waals surface area contributed by atoms with E-state index in [0.29, 0.717) is 53.6 Å². The predicted octanol–water partition coefficient (Wildman–Crippen LogP) is 3.36. The normalized spacial score (nSPS) is 10.9. The first-order valence-electron chi connectivity index (χ1n) is 25.1. The summed E-state index contributed by atoms with van der Waals surface area (Å²) >= 11 is 0. The lowest BCUT2D eigenvalue weighted by Crippen LogP contribution is -2.37. The van der Waals surface area contributed by atoms with Gasteiger partial charge < -0.3 is 88.2 Å². The van der Waals surface area contributed by atoms with Gasteiger partial charge in [-0.25, -0.2) is 0 Å². The highest BCUT2D eigenvalue weighted by molar-refractivity contribution is 7.78. The minimum Gasteiger partial charge on any atom is -0.349 e. The van der Waals surface area contributed by atoms with Gasteiger partial charge in [0, 0.05) is 254 Å². The molecule has 0 heterocycles. The highest BCUT2D eigenvalue weighted by Gasteiger charge is 2.36. The number of hydrogen-bond acceptors (Lipinski definition) is 3. The second-order valence-electron chi connectivity index (χ2n) is 21.8. The van der Waals surface area contributed by atoms with Gasteiger partial charge in [-0.3, -0.25) is 0 Å². The fraction of sp³-hybridized carbons (Fsp3) is 0.800. The fourth-order valence-electron chi connectivity index (χ4n) is 7.05. The summed E-state index contributed by atoms with van der Waals surface area (Å²) in [6.07, 6.45) is 0. The maximum Gasteiger partial charge on any atom is 0.316 e. The molecule has 0 unspecified atom stereocenters. The van der Waals surface area contributed by atoms with Crippen molar-refractivity contribution in [3.05, 3.63) is 0 Å². The third-order valence-corrected chi connectivity index (χ3v) is 18.6. The molecule has 0 fully saturated rings. The molecule has 0 amide bonds. The third-order valence-electron chi connectivity index (χ3n) is 9.81. The van der Waals surface area contributed by atoms with Crippen molar-refractivity contribution in [3.8, 4) is 0 Å². The molecule has 0 saturated heterocycles. The Balaban J connectivity index is 12.9. The maximum absolute atomic E-state index is 5.97. The lowest BCUT2D eigenvalue weighted by Gasteiger charge is -2.31. The van der Waals surface area contributed by atoms with Gasteiger partial charge in [-0.1, -0.05) is 0 Å². The summed E-state index contributed by atoms with van der Waals surface area (Å²) in [6.45, 7) is 0. The van der Waals surface area contributed by atoms with Crippen LogP contribution in [0.4, 0.5) is 0 Å². The summed E-state index contributed by atoms with van der Waals surface area (Å²) in [4.78, 5) is 34.4. The summed E-state index contributed by atoms with van der Waals surface area (Å²) in [5, 5.41) is 0. The van der Waals surface area contributed by atoms with Crippen LogP contribution in [0.3, 0.4) is 0 Å². The van der Waals surface area contributed by atoms with Crippen molar-refractivity contribution in [2.75, 3.05) is 254 Å². The van der Waals surface area contributed by atoms with Crippen LogP contribution in [0.25, 0.3) is 0 Å². The van der Waals surface area contributed by atoms with Crippen LogP contribution < -0.4 is 0 Å². The van der Waals surface area contributed by atoms with E-state index in [-0.39, 0.29) is 0 Å². The molecule has 79 heavy (non-hydrogen) atoms. The number of hydrogen-bond donors (Lipinski definition) is 0. The van der Waals surface area contributed by atoms with Gasteiger partial charge in [-0.2, -0.15) is 56.4 Å². The fourth-order valence-corrected chi connectivity index (χ4v) is 18.2. The lowest BCUT2D eigenvalue weighted by atomic mass is 10.7. The van der Waals surface area contributed by atoms with Crippen LogP contribution in [0.2, 0.25) is 0 Å². The molecule has 34 heteroatoms. The molecule has 0 rings (SSSR count). The molecule has 0 aromatic carbocycles. The molecule has 0 spiro atoms. The van der Waals surface area contributed by atoms with Gasteiger partial charge in [0.05, 0.1) is 0 Å². The summed E-state index contributed by atoms with van der Waals surface area (Å²) in [6, 6.07) is 0. The van der Waals surface area contributed by atoms with Crippen molar-refractivity contribution in [1.82, 2.24) is 88.2 Å². The average molecular weight is 1190 g/mol. The lowest BCUT2D eigenvalue weighted by molar-refractivity contribution is 0.482. The quantitative estimate of drug-likeness (QED) is 0.156. The summed E-state index contributed by atoms with van der Waals surface area (Å²) < 4.78 is 68.8. The maximum atomic E-state index is 5.97. The van der Waals surface area contributed by atoms with Gasteiger partial charge in [0.25, 0.3) is 8.37 Å². The zero-order valence-electron chi connectivity index (χ0n) is 55.7. The van der Waals surface area contributed by atoms with Crippen LogP contribution in [-0.2, 0) is 0 Å². The Labute approximate surface area is 481 Å². The topological polar surface area (TPSA) is 207 Å². The van der Waals surface area contributed by atoms with Crippen molar-refractivity contribution >= 4 is 84.5 Å². The highest BCUT2D eigenvalue weighted by atomic mass is 31.2. The Morgan fingerprint density at radius 3 is 0.304 bits per heavy atom. The zero-order valence-corrected chi connectivity index (χ0v) is 59.3.